The molecule has 1 unspecified atom stereocenters. The minimum absolute atomic E-state index is 0.209. The molecule has 3 nitrogen and oxygen atoms in total. The Labute approximate surface area is 105 Å². The van der Waals surface area contributed by atoms with Gasteiger partial charge >= 0.3 is 0 Å². The van der Waals surface area contributed by atoms with Gasteiger partial charge in [0.05, 0.1) is 26.0 Å². The standard InChI is InChI=1S/C13H21O3P/c1-5-15-17(16-6-2)11(3)12-9-7-8-10-13(12)14-4/h7-11H,5-6H2,1-4H3. The van der Waals surface area contributed by atoms with Crippen LogP contribution in [0.1, 0.15) is 32.0 Å². The summed E-state index contributed by atoms with van der Waals surface area (Å²) in [7, 11) is 0.789. The maximum Gasteiger partial charge on any atom is 0.178 e. The van der Waals surface area contributed by atoms with Gasteiger partial charge in [0.15, 0.2) is 8.38 Å². The fourth-order valence-corrected chi connectivity index (χ4v) is 3.11. The van der Waals surface area contributed by atoms with Crippen LogP contribution >= 0.6 is 8.38 Å². The summed E-state index contributed by atoms with van der Waals surface area (Å²) >= 11 is 0. The highest BCUT2D eigenvalue weighted by atomic mass is 31.2. The molecule has 0 aromatic heterocycles. The summed E-state index contributed by atoms with van der Waals surface area (Å²) in [5.41, 5.74) is 1.35. The monoisotopic (exact) mass is 256 g/mol. The fraction of sp³-hybridized carbons (Fsp3) is 0.538. The molecule has 0 saturated heterocycles. The Balaban J connectivity index is 2.87. The van der Waals surface area contributed by atoms with E-state index in [1.54, 1.807) is 7.11 Å². The molecule has 0 aliphatic rings. The number of para-hydroxylation sites is 1. The molecule has 1 rings (SSSR count). The van der Waals surface area contributed by atoms with Crippen molar-refractivity contribution in [2.24, 2.45) is 0 Å². The molecule has 0 fully saturated rings. The van der Waals surface area contributed by atoms with Crippen LogP contribution in [0.3, 0.4) is 0 Å². The first kappa shape index (κ1) is 14.4. The van der Waals surface area contributed by atoms with Gasteiger partial charge in [-0.05, 0) is 26.8 Å². The van der Waals surface area contributed by atoms with Crippen LogP contribution in [-0.4, -0.2) is 20.3 Å². The van der Waals surface area contributed by atoms with Crippen molar-refractivity contribution >= 4 is 8.38 Å². The third kappa shape index (κ3) is 3.95. The van der Waals surface area contributed by atoms with Gasteiger partial charge in [0.1, 0.15) is 5.75 Å². The number of rotatable bonds is 7. The van der Waals surface area contributed by atoms with E-state index in [1.165, 1.54) is 0 Å². The molecule has 0 radical (unpaired) electrons. The van der Waals surface area contributed by atoms with E-state index in [9.17, 15) is 0 Å². The maximum absolute atomic E-state index is 5.69. The molecule has 0 saturated carbocycles. The lowest BCUT2D eigenvalue weighted by Gasteiger charge is -2.24. The van der Waals surface area contributed by atoms with E-state index in [2.05, 4.69) is 13.0 Å². The predicted molar refractivity (Wildman–Crippen MR) is 71.6 cm³/mol. The normalized spacial score (nSPS) is 12.8. The van der Waals surface area contributed by atoms with Gasteiger partial charge in [-0.2, -0.15) is 0 Å². The summed E-state index contributed by atoms with van der Waals surface area (Å²) in [6.45, 7) is 7.44. The van der Waals surface area contributed by atoms with Gasteiger partial charge in [0, 0.05) is 5.56 Å². The SMILES string of the molecule is CCOP(OCC)C(C)c1ccccc1OC. The highest BCUT2D eigenvalue weighted by molar-refractivity contribution is 7.47. The summed E-state index contributed by atoms with van der Waals surface area (Å²) in [5.74, 6) is 0.895. The summed E-state index contributed by atoms with van der Waals surface area (Å²) in [6, 6.07) is 8.02. The first-order chi connectivity index (χ1) is 8.24. The summed E-state index contributed by atoms with van der Waals surface area (Å²) in [6.07, 6.45) is 0. The van der Waals surface area contributed by atoms with E-state index in [0.29, 0.717) is 13.2 Å². The van der Waals surface area contributed by atoms with E-state index >= 15 is 0 Å². The number of ether oxygens (including phenoxy) is 1. The van der Waals surface area contributed by atoms with Crippen molar-refractivity contribution in [1.29, 1.82) is 0 Å². The van der Waals surface area contributed by atoms with Crippen LogP contribution in [0.4, 0.5) is 0 Å². The zero-order chi connectivity index (χ0) is 12.7. The molecule has 0 bridgehead atoms. The van der Waals surface area contributed by atoms with Crippen LogP contribution in [0, 0.1) is 0 Å². The highest BCUT2D eigenvalue weighted by Crippen LogP contribution is 2.54. The molecule has 1 aromatic carbocycles. The van der Waals surface area contributed by atoms with Gasteiger partial charge in [-0.15, -0.1) is 0 Å². The second-order valence-electron chi connectivity index (χ2n) is 3.54. The number of methoxy groups -OCH3 is 1. The molecule has 17 heavy (non-hydrogen) atoms. The minimum Gasteiger partial charge on any atom is -0.496 e. The van der Waals surface area contributed by atoms with Crippen molar-refractivity contribution in [1.82, 2.24) is 0 Å². The first-order valence-electron chi connectivity index (χ1n) is 5.92. The minimum atomic E-state index is -0.900. The Kier molecular flexibility index (Phi) is 6.49. The Morgan fingerprint density at radius 2 is 1.71 bits per heavy atom. The van der Waals surface area contributed by atoms with Gasteiger partial charge in [0.2, 0.25) is 0 Å². The van der Waals surface area contributed by atoms with Crippen LogP contribution in [0.25, 0.3) is 0 Å². The van der Waals surface area contributed by atoms with E-state index in [-0.39, 0.29) is 5.66 Å². The third-order valence-corrected chi connectivity index (χ3v) is 4.35. The molecule has 96 valence electrons. The lowest BCUT2D eigenvalue weighted by molar-refractivity contribution is 0.263. The zero-order valence-corrected chi connectivity index (χ0v) is 11.9. The largest absolute Gasteiger partial charge is 0.496 e. The van der Waals surface area contributed by atoms with E-state index in [0.717, 1.165) is 11.3 Å². The molecule has 0 aliphatic heterocycles. The molecule has 0 spiro atoms. The van der Waals surface area contributed by atoms with Gasteiger partial charge < -0.3 is 13.8 Å². The van der Waals surface area contributed by atoms with E-state index in [1.807, 2.05) is 32.0 Å². The average Bonchev–Trinajstić information content (AvgIpc) is 2.37. The Morgan fingerprint density at radius 3 is 2.24 bits per heavy atom. The highest BCUT2D eigenvalue weighted by Gasteiger charge is 2.23. The predicted octanol–water partition coefficient (Wildman–Crippen LogP) is 4.14. The first-order valence-corrected chi connectivity index (χ1v) is 7.17. The Hall–Kier alpha value is -0.630. The molecular weight excluding hydrogens is 235 g/mol. The molecular formula is C13H21O3P. The fourth-order valence-electron chi connectivity index (χ4n) is 1.64. The average molecular weight is 256 g/mol. The zero-order valence-electron chi connectivity index (χ0n) is 11.0. The number of benzene rings is 1. The smallest absolute Gasteiger partial charge is 0.178 e. The van der Waals surface area contributed by atoms with Crippen LogP contribution in [0.5, 0.6) is 5.75 Å². The Morgan fingerprint density at radius 1 is 1.12 bits per heavy atom. The van der Waals surface area contributed by atoms with Crippen LogP contribution < -0.4 is 4.74 Å². The molecule has 0 aliphatic carbocycles. The molecule has 4 heteroatoms. The van der Waals surface area contributed by atoms with Crippen molar-refractivity contribution in [3.8, 4) is 5.75 Å². The molecule has 0 amide bonds. The quantitative estimate of drug-likeness (QED) is 0.686. The molecule has 0 heterocycles. The van der Waals surface area contributed by atoms with E-state index in [4.69, 9.17) is 13.8 Å². The Bertz CT molecular complexity index is 324. The molecule has 1 atom stereocenters. The maximum atomic E-state index is 5.69. The van der Waals surface area contributed by atoms with Crippen molar-refractivity contribution in [3.05, 3.63) is 29.8 Å². The summed E-state index contributed by atoms with van der Waals surface area (Å²) in [5, 5.41) is 0. The second kappa shape index (κ2) is 7.65. The molecule has 1 aromatic rings. The second-order valence-corrected chi connectivity index (χ2v) is 5.40. The van der Waals surface area contributed by atoms with Crippen LogP contribution in [-0.2, 0) is 9.05 Å². The lowest BCUT2D eigenvalue weighted by Crippen LogP contribution is -2.01. The van der Waals surface area contributed by atoms with Gasteiger partial charge in [-0.3, -0.25) is 0 Å². The third-order valence-electron chi connectivity index (χ3n) is 2.42. The van der Waals surface area contributed by atoms with E-state index < -0.39 is 8.38 Å². The number of hydrogen-bond donors (Lipinski definition) is 0. The van der Waals surface area contributed by atoms with Crippen LogP contribution in [0.15, 0.2) is 24.3 Å². The van der Waals surface area contributed by atoms with Crippen molar-refractivity contribution in [3.63, 3.8) is 0 Å². The van der Waals surface area contributed by atoms with Crippen LogP contribution in [0.2, 0.25) is 0 Å². The van der Waals surface area contributed by atoms with Crippen molar-refractivity contribution < 1.29 is 13.8 Å². The van der Waals surface area contributed by atoms with Crippen molar-refractivity contribution in [2.75, 3.05) is 20.3 Å². The lowest BCUT2D eigenvalue weighted by atomic mass is 10.1. The molecule has 0 N–H and O–H groups in total. The number of hydrogen-bond acceptors (Lipinski definition) is 3. The topological polar surface area (TPSA) is 27.7 Å². The van der Waals surface area contributed by atoms with Crippen molar-refractivity contribution in [2.45, 2.75) is 26.4 Å². The van der Waals surface area contributed by atoms with Gasteiger partial charge in [-0.25, -0.2) is 0 Å². The van der Waals surface area contributed by atoms with Gasteiger partial charge in [0.25, 0.3) is 0 Å². The summed E-state index contributed by atoms with van der Waals surface area (Å²) < 4.78 is 16.7. The summed E-state index contributed by atoms with van der Waals surface area (Å²) in [4.78, 5) is 0. The van der Waals surface area contributed by atoms with Gasteiger partial charge in [-0.1, -0.05) is 18.2 Å².